The van der Waals surface area contributed by atoms with Crippen LogP contribution in [0, 0.1) is 0 Å². The molecule has 1 aromatic heterocycles. The molecule has 0 bridgehead atoms. The number of hydrogen-bond donors (Lipinski definition) is 1. The van der Waals surface area contributed by atoms with E-state index in [4.69, 9.17) is 5.11 Å². The number of carbonyl (C=O) groups excluding carboxylic acids is 1. The van der Waals surface area contributed by atoms with Gasteiger partial charge in [0.2, 0.25) is 5.91 Å². The van der Waals surface area contributed by atoms with Gasteiger partial charge in [0.05, 0.1) is 12.2 Å². The number of aromatic nitrogens is 3. The van der Waals surface area contributed by atoms with Crippen molar-refractivity contribution in [2.45, 2.75) is 6.04 Å². The molecule has 13 heavy (non-hydrogen) atoms. The summed E-state index contributed by atoms with van der Waals surface area (Å²) in [5.74, 6) is -0.226. The lowest BCUT2D eigenvalue weighted by Gasteiger charge is -2.38. The van der Waals surface area contributed by atoms with Crippen LogP contribution in [0.25, 0.3) is 0 Å². The maximum Gasteiger partial charge on any atom is 0.248 e. The van der Waals surface area contributed by atoms with E-state index in [1.807, 2.05) is 0 Å². The second-order valence-corrected chi connectivity index (χ2v) is 2.99. The fourth-order valence-electron chi connectivity index (χ4n) is 1.34. The Morgan fingerprint density at radius 2 is 2.38 bits per heavy atom. The Labute approximate surface area is 74.8 Å². The molecule has 70 valence electrons. The van der Waals surface area contributed by atoms with Crippen molar-refractivity contribution in [1.29, 1.82) is 0 Å². The average Bonchev–Trinajstić information content (AvgIpc) is 2.54. The summed E-state index contributed by atoms with van der Waals surface area (Å²) >= 11 is 0. The molecule has 0 saturated carbocycles. The minimum atomic E-state index is -0.413. The molecule has 1 saturated heterocycles. The first-order chi connectivity index (χ1) is 6.31. The Morgan fingerprint density at radius 1 is 1.62 bits per heavy atom. The number of nitrogens with zero attached hydrogens (tertiary/aromatic N) is 4. The van der Waals surface area contributed by atoms with Crippen LogP contribution in [0.1, 0.15) is 6.04 Å². The number of rotatable bonds is 2. The van der Waals surface area contributed by atoms with E-state index >= 15 is 0 Å². The van der Waals surface area contributed by atoms with Gasteiger partial charge in [-0.3, -0.25) is 4.79 Å². The van der Waals surface area contributed by atoms with Crippen LogP contribution in [-0.4, -0.2) is 50.6 Å². The van der Waals surface area contributed by atoms with Crippen molar-refractivity contribution in [3.05, 3.63) is 12.4 Å². The fraction of sp³-hybridized carbons (Fsp3) is 0.571. The number of amides is 1. The molecule has 0 unspecified atom stereocenters. The van der Waals surface area contributed by atoms with Crippen molar-refractivity contribution in [3.8, 4) is 0 Å². The monoisotopic (exact) mass is 182 g/mol. The summed E-state index contributed by atoms with van der Waals surface area (Å²) in [7, 11) is 0. The standard InChI is InChI=1S/C7H10N4O2/c12-5-7(13)10-3-6(4-10)11-2-1-8-9-11/h1-2,6,12H,3-5H2. The Morgan fingerprint density at radius 3 is 2.92 bits per heavy atom. The minimum absolute atomic E-state index is 0.220. The lowest BCUT2D eigenvalue weighted by Crippen LogP contribution is -2.51. The summed E-state index contributed by atoms with van der Waals surface area (Å²) < 4.78 is 1.72. The molecule has 1 amide bonds. The lowest BCUT2D eigenvalue weighted by atomic mass is 10.1. The molecule has 1 aliphatic heterocycles. The molecule has 2 rings (SSSR count). The molecule has 1 aromatic rings. The van der Waals surface area contributed by atoms with Gasteiger partial charge < -0.3 is 10.0 Å². The average molecular weight is 182 g/mol. The van der Waals surface area contributed by atoms with Gasteiger partial charge >= 0.3 is 0 Å². The highest BCUT2D eigenvalue weighted by atomic mass is 16.3. The Bertz CT molecular complexity index is 291. The van der Waals surface area contributed by atoms with Gasteiger partial charge in [0.1, 0.15) is 6.61 Å². The van der Waals surface area contributed by atoms with Crippen LogP contribution in [0.15, 0.2) is 12.4 Å². The largest absolute Gasteiger partial charge is 0.387 e. The van der Waals surface area contributed by atoms with Gasteiger partial charge in [0.25, 0.3) is 0 Å². The van der Waals surface area contributed by atoms with Crippen LogP contribution in [-0.2, 0) is 4.79 Å². The second-order valence-electron chi connectivity index (χ2n) is 2.99. The molecule has 0 aliphatic carbocycles. The number of likely N-dealkylation sites (tertiary alicyclic amines) is 1. The third-order valence-electron chi connectivity index (χ3n) is 2.17. The number of aliphatic hydroxyl groups excluding tert-OH is 1. The van der Waals surface area contributed by atoms with Gasteiger partial charge in [-0.25, -0.2) is 4.68 Å². The van der Waals surface area contributed by atoms with Crippen molar-refractivity contribution in [3.63, 3.8) is 0 Å². The molecule has 1 fully saturated rings. The summed E-state index contributed by atoms with van der Waals surface area (Å²) in [4.78, 5) is 12.5. The van der Waals surface area contributed by atoms with Crippen LogP contribution in [0.4, 0.5) is 0 Å². The van der Waals surface area contributed by atoms with Crippen LogP contribution >= 0.6 is 0 Å². The van der Waals surface area contributed by atoms with E-state index in [9.17, 15) is 4.79 Å². The fourth-order valence-corrected chi connectivity index (χ4v) is 1.34. The first-order valence-electron chi connectivity index (χ1n) is 4.05. The van der Waals surface area contributed by atoms with Crippen molar-refractivity contribution in [2.24, 2.45) is 0 Å². The summed E-state index contributed by atoms with van der Waals surface area (Å²) in [6.07, 6.45) is 3.38. The maximum atomic E-state index is 10.9. The summed E-state index contributed by atoms with van der Waals surface area (Å²) in [5.41, 5.74) is 0. The van der Waals surface area contributed by atoms with Gasteiger partial charge in [-0.1, -0.05) is 5.21 Å². The summed E-state index contributed by atoms with van der Waals surface area (Å²) in [5, 5.41) is 16.1. The first kappa shape index (κ1) is 8.18. The predicted octanol–water partition coefficient (Wildman–Crippen LogP) is -1.35. The number of aliphatic hydroxyl groups is 1. The van der Waals surface area contributed by atoms with Crippen LogP contribution in [0.5, 0.6) is 0 Å². The molecule has 0 spiro atoms. The highest BCUT2D eigenvalue weighted by molar-refractivity contribution is 5.78. The van der Waals surface area contributed by atoms with E-state index in [2.05, 4.69) is 10.3 Å². The summed E-state index contributed by atoms with van der Waals surface area (Å²) in [6.45, 7) is 0.815. The van der Waals surface area contributed by atoms with Crippen molar-refractivity contribution >= 4 is 5.91 Å². The Hall–Kier alpha value is -1.43. The Kier molecular flexibility index (Phi) is 1.97. The van der Waals surface area contributed by atoms with Gasteiger partial charge in [-0.05, 0) is 0 Å². The molecule has 2 heterocycles. The second kappa shape index (κ2) is 3.14. The third-order valence-corrected chi connectivity index (χ3v) is 2.17. The van der Waals surface area contributed by atoms with E-state index < -0.39 is 6.61 Å². The SMILES string of the molecule is O=C(CO)N1CC(n2ccnn2)C1. The van der Waals surface area contributed by atoms with E-state index in [0.717, 1.165) is 0 Å². The highest BCUT2D eigenvalue weighted by Gasteiger charge is 2.31. The zero-order valence-electron chi connectivity index (χ0n) is 7.00. The van der Waals surface area contributed by atoms with Gasteiger partial charge in [-0.15, -0.1) is 5.10 Å². The van der Waals surface area contributed by atoms with Gasteiger partial charge in [0, 0.05) is 19.3 Å². The molecular weight excluding hydrogens is 172 g/mol. The van der Waals surface area contributed by atoms with E-state index in [-0.39, 0.29) is 11.9 Å². The zero-order valence-corrected chi connectivity index (χ0v) is 7.00. The number of hydrogen-bond acceptors (Lipinski definition) is 4. The van der Waals surface area contributed by atoms with E-state index in [1.165, 1.54) is 0 Å². The quantitative estimate of drug-likeness (QED) is 0.614. The van der Waals surface area contributed by atoms with Crippen molar-refractivity contribution in [1.82, 2.24) is 19.9 Å². The lowest BCUT2D eigenvalue weighted by molar-refractivity contribution is -0.140. The summed E-state index contributed by atoms with van der Waals surface area (Å²) in [6, 6.07) is 0.220. The normalized spacial score (nSPS) is 17.2. The maximum absolute atomic E-state index is 10.9. The predicted molar refractivity (Wildman–Crippen MR) is 42.7 cm³/mol. The molecule has 0 atom stereocenters. The number of carbonyl (C=O) groups is 1. The van der Waals surface area contributed by atoms with Crippen LogP contribution < -0.4 is 0 Å². The minimum Gasteiger partial charge on any atom is -0.387 e. The highest BCUT2D eigenvalue weighted by Crippen LogP contribution is 2.19. The molecule has 0 aromatic carbocycles. The first-order valence-corrected chi connectivity index (χ1v) is 4.05. The third kappa shape index (κ3) is 1.40. The van der Waals surface area contributed by atoms with E-state index in [0.29, 0.717) is 13.1 Å². The molecule has 6 heteroatoms. The topological polar surface area (TPSA) is 71.2 Å². The van der Waals surface area contributed by atoms with Gasteiger partial charge in [0.15, 0.2) is 0 Å². The molecule has 1 N–H and O–H groups in total. The van der Waals surface area contributed by atoms with Gasteiger partial charge in [-0.2, -0.15) is 0 Å². The van der Waals surface area contributed by atoms with E-state index in [1.54, 1.807) is 22.0 Å². The van der Waals surface area contributed by atoms with Crippen LogP contribution in [0.2, 0.25) is 0 Å². The zero-order chi connectivity index (χ0) is 9.26. The Balaban J connectivity index is 1.89. The molecule has 6 nitrogen and oxygen atoms in total. The molecule has 1 aliphatic rings. The van der Waals surface area contributed by atoms with Crippen LogP contribution in [0.3, 0.4) is 0 Å². The molecule has 0 radical (unpaired) electrons. The molecular formula is C7H10N4O2. The van der Waals surface area contributed by atoms with Crippen molar-refractivity contribution < 1.29 is 9.90 Å². The smallest absolute Gasteiger partial charge is 0.248 e. The van der Waals surface area contributed by atoms with Crippen molar-refractivity contribution in [2.75, 3.05) is 19.7 Å².